The fourth-order valence-electron chi connectivity index (χ4n) is 4.23. The Hall–Kier alpha value is -2.14. The largest absolute Gasteiger partial charge is 0.356 e. The molecule has 1 atom stereocenters. The van der Waals surface area contributed by atoms with Crippen LogP contribution in [0.25, 0.3) is 0 Å². The molecule has 1 unspecified atom stereocenters. The first kappa shape index (κ1) is 17.3. The van der Waals surface area contributed by atoms with Crippen molar-refractivity contribution in [1.82, 2.24) is 14.9 Å². The number of amides is 1. The maximum atomic E-state index is 12.5. The van der Waals surface area contributed by atoms with Crippen LogP contribution in [0.15, 0.2) is 42.7 Å². The highest BCUT2D eigenvalue weighted by Gasteiger charge is 2.42. The van der Waals surface area contributed by atoms with E-state index in [-0.39, 0.29) is 11.3 Å². The predicted molar refractivity (Wildman–Crippen MR) is 102 cm³/mol. The van der Waals surface area contributed by atoms with Gasteiger partial charge < -0.3 is 9.80 Å². The summed E-state index contributed by atoms with van der Waals surface area (Å²) in [6, 6.07) is 9.74. The average molecular weight is 371 g/mol. The zero-order chi connectivity index (χ0) is 18.0. The first-order valence-electron chi connectivity index (χ1n) is 9.18. The third kappa shape index (κ3) is 3.68. The monoisotopic (exact) mass is 370 g/mol. The van der Waals surface area contributed by atoms with Gasteiger partial charge in [0.1, 0.15) is 5.82 Å². The summed E-state index contributed by atoms with van der Waals surface area (Å²) in [5, 5.41) is 0.658. The van der Waals surface area contributed by atoms with Crippen LogP contribution in [0, 0.1) is 5.41 Å². The molecule has 136 valence electrons. The molecule has 0 aliphatic carbocycles. The van der Waals surface area contributed by atoms with E-state index < -0.39 is 0 Å². The highest BCUT2D eigenvalue weighted by atomic mass is 35.5. The molecule has 4 heterocycles. The molecule has 2 saturated heterocycles. The molecule has 4 rings (SSSR count). The summed E-state index contributed by atoms with van der Waals surface area (Å²) >= 11 is 5.97. The van der Waals surface area contributed by atoms with Gasteiger partial charge in [0.05, 0.1) is 17.3 Å². The van der Waals surface area contributed by atoms with E-state index in [9.17, 15) is 4.79 Å². The van der Waals surface area contributed by atoms with Crippen molar-refractivity contribution >= 4 is 23.3 Å². The second-order valence-corrected chi connectivity index (χ2v) is 7.87. The number of hydrogen-bond acceptors (Lipinski definition) is 4. The molecule has 26 heavy (non-hydrogen) atoms. The van der Waals surface area contributed by atoms with Gasteiger partial charge in [0, 0.05) is 43.9 Å². The van der Waals surface area contributed by atoms with Gasteiger partial charge in [-0.1, -0.05) is 17.7 Å². The van der Waals surface area contributed by atoms with E-state index in [2.05, 4.69) is 14.9 Å². The molecule has 2 aliphatic rings. The third-order valence-electron chi connectivity index (χ3n) is 5.52. The number of aromatic nitrogens is 2. The lowest BCUT2D eigenvalue weighted by atomic mass is 9.73. The van der Waals surface area contributed by atoms with Crippen molar-refractivity contribution in [3.63, 3.8) is 0 Å². The van der Waals surface area contributed by atoms with Crippen molar-refractivity contribution in [2.24, 2.45) is 5.41 Å². The second-order valence-electron chi connectivity index (χ2n) is 7.43. The number of nitrogens with zero attached hydrogens (tertiary/aromatic N) is 4. The molecule has 0 radical (unpaired) electrons. The molecule has 0 aromatic carbocycles. The molecule has 2 aromatic rings. The highest BCUT2D eigenvalue weighted by molar-refractivity contribution is 6.30. The zero-order valence-electron chi connectivity index (χ0n) is 14.8. The van der Waals surface area contributed by atoms with Crippen molar-refractivity contribution in [3.05, 3.63) is 53.4 Å². The Morgan fingerprint density at radius 3 is 2.81 bits per heavy atom. The lowest BCUT2D eigenvalue weighted by Crippen LogP contribution is -2.54. The number of anilines is 1. The number of pyridine rings is 2. The van der Waals surface area contributed by atoms with Crippen molar-refractivity contribution in [2.45, 2.75) is 32.2 Å². The first-order valence-corrected chi connectivity index (χ1v) is 9.56. The molecule has 5 nitrogen and oxygen atoms in total. The maximum Gasteiger partial charge on any atom is 0.222 e. The van der Waals surface area contributed by atoms with E-state index in [0.717, 1.165) is 50.4 Å². The van der Waals surface area contributed by atoms with Crippen LogP contribution in [0.2, 0.25) is 5.02 Å². The minimum atomic E-state index is 0.141. The van der Waals surface area contributed by atoms with E-state index >= 15 is 0 Å². The molecule has 0 saturated carbocycles. The Bertz CT molecular complexity index is 767. The van der Waals surface area contributed by atoms with Crippen LogP contribution in [0.5, 0.6) is 0 Å². The van der Waals surface area contributed by atoms with Crippen molar-refractivity contribution < 1.29 is 4.79 Å². The summed E-state index contributed by atoms with van der Waals surface area (Å²) in [4.78, 5) is 25.7. The molecule has 2 aromatic heterocycles. The van der Waals surface area contributed by atoms with E-state index in [0.29, 0.717) is 18.0 Å². The SMILES string of the molecule is O=C1CCC2(CCCN(c3ccc(Cl)cn3)C2)CN1Cc1ccccn1. The van der Waals surface area contributed by atoms with E-state index in [1.54, 1.807) is 12.4 Å². The molecular formula is C20H23ClN4O. The number of hydrogen-bond donors (Lipinski definition) is 0. The van der Waals surface area contributed by atoms with Crippen LogP contribution in [0.3, 0.4) is 0 Å². The minimum absolute atomic E-state index is 0.141. The Labute approximate surface area is 159 Å². The van der Waals surface area contributed by atoms with Gasteiger partial charge >= 0.3 is 0 Å². The smallest absolute Gasteiger partial charge is 0.222 e. The quantitative estimate of drug-likeness (QED) is 0.829. The van der Waals surface area contributed by atoms with Gasteiger partial charge in [-0.05, 0) is 43.5 Å². The average Bonchev–Trinajstić information content (AvgIpc) is 2.67. The Morgan fingerprint density at radius 2 is 2.04 bits per heavy atom. The molecule has 1 amide bonds. The molecule has 0 N–H and O–H groups in total. The number of carbonyl (C=O) groups is 1. The van der Waals surface area contributed by atoms with Crippen LogP contribution >= 0.6 is 11.6 Å². The van der Waals surface area contributed by atoms with Crippen LogP contribution in [0.4, 0.5) is 5.82 Å². The lowest BCUT2D eigenvalue weighted by Gasteiger charge is -2.48. The minimum Gasteiger partial charge on any atom is -0.356 e. The fourth-order valence-corrected chi connectivity index (χ4v) is 4.34. The van der Waals surface area contributed by atoms with Crippen molar-refractivity contribution in [2.75, 3.05) is 24.5 Å². The third-order valence-corrected chi connectivity index (χ3v) is 5.75. The van der Waals surface area contributed by atoms with Gasteiger partial charge in [0.15, 0.2) is 0 Å². The molecule has 0 bridgehead atoms. The van der Waals surface area contributed by atoms with E-state index in [4.69, 9.17) is 11.6 Å². The van der Waals surface area contributed by atoms with E-state index in [1.165, 1.54) is 0 Å². The van der Waals surface area contributed by atoms with Gasteiger partial charge in [-0.2, -0.15) is 0 Å². The summed E-state index contributed by atoms with van der Waals surface area (Å²) in [6.07, 6.45) is 7.34. The Kier molecular flexibility index (Phi) is 4.81. The summed E-state index contributed by atoms with van der Waals surface area (Å²) in [5.74, 6) is 1.21. The number of halogens is 1. The van der Waals surface area contributed by atoms with Gasteiger partial charge in [0.2, 0.25) is 5.91 Å². The molecular weight excluding hydrogens is 348 g/mol. The summed E-state index contributed by atoms with van der Waals surface area (Å²) in [6.45, 7) is 3.34. The predicted octanol–water partition coefficient (Wildman–Crippen LogP) is 3.54. The molecule has 2 aliphatic heterocycles. The van der Waals surface area contributed by atoms with Crippen molar-refractivity contribution in [1.29, 1.82) is 0 Å². The summed E-state index contributed by atoms with van der Waals surface area (Å²) in [7, 11) is 0. The molecule has 1 spiro atoms. The number of piperidine rings is 2. The molecule has 2 fully saturated rings. The number of likely N-dealkylation sites (tertiary alicyclic amines) is 1. The number of carbonyl (C=O) groups excluding carboxylic acids is 1. The zero-order valence-corrected chi connectivity index (χ0v) is 15.5. The van der Waals surface area contributed by atoms with Gasteiger partial charge in [-0.3, -0.25) is 9.78 Å². The highest BCUT2D eigenvalue weighted by Crippen LogP contribution is 2.40. The fraction of sp³-hybridized carbons (Fsp3) is 0.450. The maximum absolute atomic E-state index is 12.5. The Morgan fingerprint density at radius 1 is 1.12 bits per heavy atom. The van der Waals surface area contributed by atoms with Crippen LogP contribution in [0.1, 0.15) is 31.4 Å². The second kappa shape index (κ2) is 7.23. The normalized spacial score (nSPS) is 23.5. The van der Waals surface area contributed by atoms with Gasteiger partial charge in [0.25, 0.3) is 0 Å². The lowest BCUT2D eigenvalue weighted by molar-refractivity contribution is -0.138. The van der Waals surface area contributed by atoms with Crippen molar-refractivity contribution in [3.8, 4) is 0 Å². The van der Waals surface area contributed by atoms with Gasteiger partial charge in [-0.15, -0.1) is 0 Å². The summed E-state index contributed by atoms with van der Waals surface area (Å²) in [5.41, 5.74) is 1.09. The first-order chi connectivity index (χ1) is 12.6. The van der Waals surface area contributed by atoms with Crippen LogP contribution in [-0.2, 0) is 11.3 Å². The Balaban J connectivity index is 1.49. The summed E-state index contributed by atoms with van der Waals surface area (Å²) < 4.78 is 0. The van der Waals surface area contributed by atoms with Crippen LogP contribution < -0.4 is 4.90 Å². The van der Waals surface area contributed by atoms with E-state index in [1.807, 2.05) is 35.2 Å². The standard InChI is InChI=1S/C20H23ClN4O/c21-16-5-6-18(23-12-16)24-11-3-8-20(14-24)9-7-19(26)25(15-20)13-17-4-1-2-10-22-17/h1-2,4-6,10,12H,3,7-9,11,13-15H2. The molecule has 6 heteroatoms. The van der Waals surface area contributed by atoms with Crippen LogP contribution in [-0.4, -0.2) is 40.4 Å². The van der Waals surface area contributed by atoms with Gasteiger partial charge in [-0.25, -0.2) is 4.98 Å². The number of rotatable bonds is 3. The topological polar surface area (TPSA) is 49.3 Å².